The van der Waals surface area contributed by atoms with E-state index < -0.39 is 10.2 Å². The van der Waals surface area contributed by atoms with Gasteiger partial charge in [-0.05, 0) is 20.8 Å². The molecule has 0 radical (unpaired) electrons. The molecule has 80 valence electrons. The molecule has 0 amide bonds. The van der Waals surface area contributed by atoms with Gasteiger partial charge in [0.25, 0.3) is 10.2 Å². The zero-order chi connectivity index (χ0) is 10.5. The molecule has 13 heavy (non-hydrogen) atoms. The zero-order valence-corrected chi connectivity index (χ0v) is 9.46. The topological polar surface area (TPSA) is 70.2 Å². The molecule has 0 aromatic carbocycles. The summed E-state index contributed by atoms with van der Waals surface area (Å²) in [7, 11) is -1.90. The molecule has 5 nitrogen and oxygen atoms in total. The largest absolute Gasteiger partial charge is 0.311 e. The van der Waals surface area contributed by atoms with Gasteiger partial charge >= 0.3 is 0 Å². The van der Waals surface area contributed by atoms with Crippen molar-refractivity contribution in [3.63, 3.8) is 0 Å². The fourth-order valence-corrected chi connectivity index (χ4v) is 1.21. The van der Waals surface area contributed by atoms with E-state index in [0.717, 1.165) is 0 Å². The first-order chi connectivity index (χ1) is 5.77. The Morgan fingerprint density at radius 1 is 1.15 bits per heavy atom. The highest BCUT2D eigenvalue weighted by molar-refractivity contribution is 7.87. The van der Waals surface area contributed by atoms with Gasteiger partial charge in [0.1, 0.15) is 0 Å². The molecule has 0 heterocycles. The highest BCUT2D eigenvalue weighted by atomic mass is 32.2. The van der Waals surface area contributed by atoms with Crippen molar-refractivity contribution in [1.29, 1.82) is 0 Å². The van der Waals surface area contributed by atoms with Crippen molar-refractivity contribution >= 4 is 10.2 Å². The van der Waals surface area contributed by atoms with Crippen LogP contribution in [0, 0.1) is 0 Å². The molecular weight excluding hydrogens is 190 g/mol. The first kappa shape index (κ1) is 12.8. The van der Waals surface area contributed by atoms with Gasteiger partial charge in [-0.3, -0.25) is 0 Å². The zero-order valence-electron chi connectivity index (χ0n) is 8.64. The summed E-state index contributed by atoms with van der Waals surface area (Å²) in [6, 6.07) is 0. The molecule has 0 atom stereocenters. The summed E-state index contributed by atoms with van der Waals surface area (Å²) in [6.45, 7) is 7.09. The Kier molecular flexibility index (Phi) is 4.83. The van der Waals surface area contributed by atoms with Crippen molar-refractivity contribution in [3.05, 3.63) is 0 Å². The SMILES string of the molecule is CNS(=O)(=O)NCCNC(C)(C)C. The van der Waals surface area contributed by atoms with Crippen LogP contribution in [0.3, 0.4) is 0 Å². The smallest absolute Gasteiger partial charge is 0.276 e. The van der Waals surface area contributed by atoms with Crippen molar-refractivity contribution in [2.75, 3.05) is 20.1 Å². The highest BCUT2D eigenvalue weighted by Gasteiger charge is 2.09. The lowest BCUT2D eigenvalue weighted by molar-refractivity contribution is 0.428. The Bertz CT molecular complexity index is 231. The van der Waals surface area contributed by atoms with Gasteiger partial charge < -0.3 is 5.32 Å². The lowest BCUT2D eigenvalue weighted by atomic mass is 10.1. The van der Waals surface area contributed by atoms with Gasteiger partial charge in [0.2, 0.25) is 0 Å². The first-order valence-corrected chi connectivity index (χ1v) is 5.68. The molecule has 0 aliphatic heterocycles. The summed E-state index contributed by atoms with van der Waals surface area (Å²) in [5, 5.41) is 3.16. The van der Waals surface area contributed by atoms with Gasteiger partial charge in [0.05, 0.1) is 0 Å². The van der Waals surface area contributed by atoms with E-state index in [0.29, 0.717) is 13.1 Å². The van der Waals surface area contributed by atoms with Gasteiger partial charge in [-0.25, -0.2) is 9.44 Å². The summed E-state index contributed by atoms with van der Waals surface area (Å²) >= 11 is 0. The van der Waals surface area contributed by atoms with E-state index in [1.165, 1.54) is 7.05 Å². The Labute approximate surface area is 80.5 Å². The van der Waals surface area contributed by atoms with Crippen LogP contribution in [0.4, 0.5) is 0 Å². The van der Waals surface area contributed by atoms with Gasteiger partial charge in [-0.2, -0.15) is 8.42 Å². The number of hydrogen-bond acceptors (Lipinski definition) is 3. The van der Waals surface area contributed by atoms with Crippen molar-refractivity contribution < 1.29 is 8.42 Å². The summed E-state index contributed by atoms with van der Waals surface area (Å²) < 4.78 is 26.3. The van der Waals surface area contributed by atoms with E-state index in [9.17, 15) is 8.42 Å². The molecule has 0 aliphatic carbocycles. The van der Waals surface area contributed by atoms with Crippen LogP contribution in [0.25, 0.3) is 0 Å². The minimum atomic E-state index is -3.28. The first-order valence-electron chi connectivity index (χ1n) is 4.20. The number of hydrogen-bond donors (Lipinski definition) is 3. The quantitative estimate of drug-likeness (QED) is 0.531. The summed E-state index contributed by atoms with van der Waals surface area (Å²) in [5.74, 6) is 0. The van der Waals surface area contributed by atoms with E-state index in [2.05, 4.69) is 14.8 Å². The van der Waals surface area contributed by atoms with E-state index in [1.807, 2.05) is 20.8 Å². The third-order valence-corrected chi connectivity index (χ3v) is 2.46. The van der Waals surface area contributed by atoms with E-state index >= 15 is 0 Å². The molecular formula is C7H19N3O2S. The molecule has 0 bridgehead atoms. The third-order valence-electron chi connectivity index (χ3n) is 1.34. The minimum Gasteiger partial charge on any atom is -0.311 e. The van der Waals surface area contributed by atoms with E-state index in [-0.39, 0.29) is 5.54 Å². The van der Waals surface area contributed by atoms with Crippen LogP contribution in [0.5, 0.6) is 0 Å². The lowest BCUT2D eigenvalue weighted by Crippen LogP contribution is -2.43. The van der Waals surface area contributed by atoms with Gasteiger partial charge in [0, 0.05) is 25.7 Å². The average molecular weight is 209 g/mol. The maximum atomic E-state index is 10.9. The Morgan fingerprint density at radius 3 is 2.08 bits per heavy atom. The normalized spacial score (nSPS) is 13.2. The van der Waals surface area contributed by atoms with Crippen molar-refractivity contribution in [1.82, 2.24) is 14.8 Å². The molecule has 0 rings (SSSR count). The van der Waals surface area contributed by atoms with Crippen LogP contribution < -0.4 is 14.8 Å². The Morgan fingerprint density at radius 2 is 1.69 bits per heavy atom. The van der Waals surface area contributed by atoms with Crippen LogP contribution in [-0.4, -0.2) is 34.1 Å². The van der Waals surface area contributed by atoms with Crippen LogP contribution in [0.2, 0.25) is 0 Å². The van der Waals surface area contributed by atoms with Crippen LogP contribution in [0.1, 0.15) is 20.8 Å². The molecule has 0 fully saturated rings. The molecule has 6 heteroatoms. The predicted octanol–water partition coefficient (Wildman–Crippen LogP) is -0.572. The number of rotatable bonds is 5. The number of nitrogens with one attached hydrogen (secondary N) is 3. The second kappa shape index (κ2) is 4.90. The second-order valence-corrected chi connectivity index (χ2v) is 5.48. The molecule has 0 aromatic rings. The van der Waals surface area contributed by atoms with E-state index in [1.54, 1.807) is 0 Å². The fraction of sp³-hybridized carbons (Fsp3) is 1.00. The molecule has 0 aromatic heterocycles. The predicted molar refractivity (Wildman–Crippen MR) is 53.7 cm³/mol. The third kappa shape index (κ3) is 8.17. The van der Waals surface area contributed by atoms with Crippen LogP contribution >= 0.6 is 0 Å². The second-order valence-electron chi connectivity index (χ2n) is 3.78. The molecule has 0 saturated carbocycles. The molecule has 0 unspecified atom stereocenters. The van der Waals surface area contributed by atoms with E-state index in [4.69, 9.17) is 0 Å². The standard InChI is InChI=1S/C7H19N3O2S/c1-7(2,3)9-5-6-10-13(11,12)8-4/h8-10H,5-6H2,1-4H3. The average Bonchev–Trinajstić information content (AvgIpc) is 1.97. The molecule has 0 saturated heterocycles. The van der Waals surface area contributed by atoms with Crippen LogP contribution in [-0.2, 0) is 10.2 Å². The van der Waals surface area contributed by atoms with Crippen molar-refractivity contribution in [3.8, 4) is 0 Å². The lowest BCUT2D eigenvalue weighted by Gasteiger charge is -2.20. The molecule has 0 spiro atoms. The monoisotopic (exact) mass is 209 g/mol. The van der Waals surface area contributed by atoms with Crippen molar-refractivity contribution in [2.24, 2.45) is 0 Å². The Hall–Kier alpha value is -0.170. The van der Waals surface area contributed by atoms with Gasteiger partial charge in [0.15, 0.2) is 0 Å². The molecule has 0 aliphatic rings. The van der Waals surface area contributed by atoms with Gasteiger partial charge in [-0.15, -0.1) is 0 Å². The highest BCUT2D eigenvalue weighted by Crippen LogP contribution is 1.96. The summed E-state index contributed by atoms with van der Waals surface area (Å²) in [5.41, 5.74) is 0.0189. The summed E-state index contributed by atoms with van der Waals surface area (Å²) in [6.07, 6.45) is 0. The maximum Gasteiger partial charge on any atom is 0.276 e. The fourth-order valence-electron chi connectivity index (χ4n) is 0.695. The van der Waals surface area contributed by atoms with Crippen molar-refractivity contribution in [2.45, 2.75) is 26.3 Å². The molecule has 3 N–H and O–H groups in total. The minimum absolute atomic E-state index is 0.0189. The summed E-state index contributed by atoms with van der Waals surface area (Å²) in [4.78, 5) is 0. The maximum absolute atomic E-state index is 10.9. The Balaban J connectivity index is 3.59. The van der Waals surface area contributed by atoms with Crippen LogP contribution in [0.15, 0.2) is 0 Å². The van der Waals surface area contributed by atoms with Gasteiger partial charge in [-0.1, -0.05) is 0 Å².